The van der Waals surface area contributed by atoms with Crippen LogP contribution >= 0.6 is 23.2 Å². The van der Waals surface area contributed by atoms with E-state index in [9.17, 15) is 9.18 Å². The Hall–Kier alpha value is -0.800. The van der Waals surface area contributed by atoms with Crippen LogP contribution in [0.1, 0.15) is 31.2 Å². The third kappa shape index (κ3) is 3.64. The van der Waals surface area contributed by atoms with E-state index in [4.69, 9.17) is 23.2 Å². The smallest absolute Gasteiger partial charge is 0.227 e. The molecule has 1 fully saturated rings. The molecule has 1 amide bonds. The van der Waals surface area contributed by atoms with Crippen molar-refractivity contribution in [2.24, 2.45) is 0 Å². The first-order valence-corrected chi connectivity index (χ1v) is 7.83. The van der Waals surface area contributed by atoms with Gasteiger partial charge in [0, 0.05) is 29.1 Å². The third-order valence-corrected chi connectivity index (χ3v) is 4.48. The van der Waals surface area contributed by atoms with Gasteiger partial charge in [0.2, 0.25) is 5.91 Å². The SMILES string of the molecule is O=C(Cc1c(F)cccc1Cl)N1CCCCCC1CCl. The van der Waals surface area contributed by atoms with Crippen molar-refractivity contribution in [1.82, 2.24) is 4.90 Å². The van der Waals surface area contributed by atoms with Crippen molar-refractivity contribution < 1.29 is 9.18 Å². The Bertz CT molecular complexity index is 461. The number of benzene rings is 1. The van der Waals surface area contributed by atoms with E-state index in [-0.39, 0.29) is 23.9 Å². The van der Waals surface area contributed by atoms with Crippen LogP contribution in [0.15, 0.2) is 18.2 Å². The number of carbonyl (C=O) groups excluding carboxylic acids is 1. The van der Waals surface area contributed by atoms with Crippen molar-refractivity contribution in [1.29, 1.82) is 0 Å². The summed E-state index contributed by atoms with van der Waals surface area (Å²) in [5, 5.41) is 0.301. The number of likely N-dealkylation sites (tertiary alicyclic amines) is 1. The molecule has 0 bridgehead atoms. The van der Waals surface area contributed by atoms with Crippen molar-refractivity contribution in [3.63, 3.8) is 0 Å². The summed E-state index contributed by atoms with van der Waals surface area (Å²) in [5.74, 6) is -0.0934. The molecule has 0 spiro atoms. The summed E-state index contributed by atoms with van der Waals surface area (Å²) in [7, 11) is 0. The minimum absolute atomic E-state index is 0.00110. The molecule has 0 saturated carbocycles. The van der Waals surface area contributed by atoms with E-state index in [1.807, 2.05) is 0 Å². The molecule has 0 aliphatic carbocycles. The van der Waals surface area contributed by atoms with Crippen LogP contribution in [-0.4, -0.2) is 29.3 Å². The summed E-state index contributed by atoms with van der Waals surface area (Å²) in [4.78, 5) is 14.2. The molecule has 1 aliphatic rings. The lowest BCUT2D eigenvalue weighted by atomic mass is 10.1. The number of hydrogen-bond acceptors (Lipinski definition) is 1. The molecule has 2 nitrogen and oxygen atoms in total. The van der Waals surface area contributed by atoms with Gasteiger partial charge in [-0.15, -0.1) is 11.6 Å². The minimum Gasteiger partial charge on any atom is -0.338 e. The molecule has 2 rings (SSSR count). The standard InChI is InChI=1S/C15H18Cl2FNO/c16-10-11-5-2-1-3-8-19(11)15(20)9-12-13(17)6-4-7-14(12)18/h4,6-7,11H,1-3,5,8-10H2. The van der Waals surface area contributed by atoms with Crippen LogP contribution < -0.4 is 0 Å². The van der Waals surface area contributed by atoms with Crippen LogP contribution in [0.25, 0.3) is 0 Å². The molecule has 20 heavy (non-hydrogen) atoms. The Balaban J connectivity index is 2.13. The summed E-state index contributed by atoms with van der Waals surface area (Å²) in [6, 6.07) is 4.53. The Kier molecular flexibility index (Phi) is 5.67. The summed E-state index contributed by atoms with van der Waals surface area (Å²) < 4.78 is 13.8. The van der Waals surface area contributed by atoms with Gasteiger partial charge in [-0.1, -0.05) is 30.5 Å². The molecule has 5 heteroatoms. The topological polar surface area (TPSA) is 20.3 Å². The molecule has 1 aromatic carbocycles. The first kappa shape index (κ1) is 15.6. The average Bonchev–Trinajstić information content (AvgIpc) is 2.68. The second kappa shape index (κ2) is 7.28. The molecule has 1 unspecified atom stereocenters. The number of hydrogen-bond donors (Lipinski definition) is 0. The van der Waals surface area contributed by atoms with Crippen molar-refractivity contribution in [2.75, 3.05) is 12.4 Å². The monoisotopic (exact) mass is 317 g/mol. The molecule has 0 radical (unpaired) electrons. The van der Waals surface area contributed by atoms with Gasteiger partial charge in [0.05, 0.1) is 6.42 Å². The van der Waals surface area contributed by atoms with Crippen molar-refractivity contribution in [3.05, 3.63) is 34.6 Å². The summed E-state index contributed by atoms with van der Waals surface area (Å²) in [6.07, 6.45) is 4.09. The highest BCUT2D eigenvalue weighted by Gasteiger charge is 2.25. The van der Waals surface area contributed by atoms with Gasteiger partial charge in [-0.25, -0.2) is 4.39 Å². The second-order valence-corrected chi connectivity index (χ2v) is 5.84. The van der Waals surface area contributed by atoms with Crippen molar-refractivity contribution in [3.8, 4) is 0 Å². The van der Waals surface area contributed by atoms with Gasteiger partial charge in [-0.3, -0.25) is 4.79 Å². The van der Waals surface area contributed by atoms with Gasteiger partial charge in [0.25, 0.3) is 0 Å². The lowest BCUT2D eigenvalue weighted by Crippen LogP contribution is -2.42. The molecule has 0 aromatic heterocycles. The summed E-state index contributed by atoms with van der Waals surface area (Å²) >= 11 is 11.9. The van der Waals surface area contributed by atoms with Crippen LogP contribution in [0.3, 0.4) is 0 Å². The van der Waals surface area contributed by atoms with Crippen LogP contribution in [0.2, 0.25) is 5.02 Å². The van der Waals surface area contributed by atoms with Crippen molar-refractivity contribution in [2.45, 2.75) is 38.1 Å². The number of alkyl halides is 1. The predicted molar refractivity (Wildman–Crippen MR) is 79.8 cm³/mol. The predicted octanol–water partition coefficient (Wildman–Crippen LogP) is 4.03. The zero-order chi connectivity index (χ0) is 14.5. The Morgan fingerprint density at radius 1 is 1.35 bits per heavy atom. The number of nitrogens with zero attached hydrogens (tertiary/aromatic N) is 1. The van der Waals surface area contributed by atoms with Gasteiger partial charge in [-0.2, -0.15) is 0 Å². The fourth-order valence-corrected chi connectivity index (χ4v) is 3.17. The first-order valence-electron chi connectivity index (χ1n) is 6.92. The van der Waals surface area contributed by atoms with Gasteiger partial charge in [0.1, 0.15) is 5.82 Å². The van der Waals surface area contributed by atoms with Gasteiger partial charge in [0.15, 0.2) is 0 Å². The maximum Gasteiger partial charge on any atom is 0.227 e. The molecule has 1 saturated heterocycles. The molecular weight excluding hydrogens is 300 g/mol. The Morgan fingerprint density at radius 3 is 2.85 bits per heavy atom. The molecule has 0 N–H and O–H groups in total. The normalized spacial score (nSPS) is 19.8. The van der Waals surface area contributed by atoms with E-state index >= 15 is 0 Å². The zero-order valence-corrected chi connectivity index (χ0v) is 12.8. The fourth-order valence-electron chi connectivity index (χ4n) is 2.62. The molecule has 1 atom stereocenters. The van der Waals surface area contributed by atoms with Crippen LogP contribution in [0.4, 0.5) is 4.39 Å². The highest BCUT2D eigenvalue weighted by Crippen LogP contribution is 2.23. The van der Waals surface area contributed by atoms with Crippen LogP contribution in [-0.2, 0) is 11.2 Å². The van der Waals surface area contributed by atoms with E-state index < -0.39 is 5.82 Å². The maximum atomic E-state index is 13.8. The quantitative estimate of drug-likeness (QED) is 0.771. The fraction of sp³-hybridized carbons (Fsp3) is 0.533. The summed E-state index contributed by atoms with van der Waals surface area (Å²) in [5.41, 5.74) is 0.275. The molecular formula is C15H18Cl2FNO. The van der Waals surface area contributed by atoms with Crippen molar-refractivity contribution >= 4 is 29.1 Å². The Morgan fingerprint density at radius 2 is 2.15 bits per heavy atom. The van der Waals surface area contributed by atoms with Crippen LogP contribution in [0.5, 0.6) is 0 Å². The van der Waals surface area contributed by atoms with Gasteiger partial charge in [-0.05, 0) is 25.0 Å². The van der Waals surface area contributed by atoms with E-state index in [2.05, 4.69) is 0 Å². The first-order chi connectivity index (χ1) is 9.63. The molecule has 110 valence electrons. The Labute approximate surface area is 128 Å². The summed E-state index contributed by atoms with van der Waals surface area (Å²) in [6.45, 7) is 0.697. The average molecular weight is 318 g/mol. The number of amides is 1. The second-order valence-electron chi connectivity index (χ2n) is 5.12. The molecule has 1 aliphatic heterocycles. The van der Waals surface area contributed by atoms with E-state index in [1.54, 1.807) is 17.0 Å². The lowest BCUT2D eigenvalue weighted by molar-refractivity contribution is -0.132. The number of halogens is 3. The zero-order valence-electron chi connectivity index (χ0n) is 11.2. The third-order valence-electron chi connectivity index (χ3n) is 3.77. The highest BCUT2D eigenvalue weighted by atomic mass is 35.5. The van der Waals surface area contributed by atoms with E-state index in [0.717, 1.165) is 25.7 Å². The van der Waals surface area contributed by atoms with E-state index in [0.29, 0.717) is 17.4 Å². The number of rotatable bonds is 3. The molecule has 1 aromatic rings. The van der Waals surface area contributed by atoms with Crippen LogP contribution in [0, 0.1) is 5.82 Å². The highest BCUT2D eigenvalue weighted by molar-refractivity contribution is 6.31. The van der Waals surface area contributed by atoms with Gasteiger partial charge < -0.3 is 4.90 Å². The lowest BCUT2D eigenvalue weighted by Gasteiger charge is -2.28. The van der Waals surface area contributed by atoms with E-state index in [1.165, 1.54) is 6.07 Å². The number of carbonyl (C=O) groups is 1. The minimum atomic E-state index is -0.428. The largest absolute Gasteiger partial charge is 0.338 e. The maximum absolute atomic E-state index is 13.8. The molecule has 1 heterocycles. The van der Waals surface area contributed by atoms with Gasteiger partial charge >= 0.3 is 0 Å².